The fraction of sp³-hybridized carbons (Fsp3) is 0.941. The molecule has 1 rings (SSSR count). The van der Waals surface area contributed by atoms with E-state index in [0.717, 1.165) is 31.6 Å². The topological polar surface area (TPSA) is 37.3 Å². The van der Waals surface area contributed by atoms with Gasteiger partial charge in [-0.3, -0.25) is 4.79 Å². The predicted molar refractivity (Wildman–Crippen MR) is 80.2 cm³/mol. The first-order valence-electron chi connectivity index (χ1n) is 8.38. The van der Waals surface area contributed by atoms with Crippen LogP contribution in [0.3, 0.4) is 0 Å². The van der Waals surface area contributed by atoms with Crippen LogP contribution in [0.2, 0.25) is 0 Å². The standard InChI is InChI=1S/C17H32O2/c1-3-4-5-6-7-8-9-10-15-13-14(2)11-12-16(15)17(18)19/h14-16H,3-13H2,1-2H3,(H,18,19). The van der Waals surface area contributed by atoms with Crippen molar-refractivity contribution in [1.29, 1.82) is 0 Å². The summed E-state index contributed by atoms with van der Waals surface area (Å²) in [6.45, 7) is 4.52. The summed E-state index contributed by atoms with van der Waals surface area (Å²) in [5.74, 6) is 0.554. The van der Waals surface area contributed by atoms with Crippen molar-refractivity contribution in [3.05, 3.63) is 0 Å². The normalized spacial score (nSPS) is 27.4. The molecule has 1 aliphatic carbocycles. The largest absolute Gasteiger partial charge is 0.481 e. The second-order valence-electron chi connectivity index (χ2n) is 6.53. The zero-order valence-electron chi connectivity index (χ0n) is 12.9. The maximum Gasteiger partial charge on any atom is 0.306 e. The Balaban J connectivity index is 2.16. The summed E-state index contributed by atoms with van der Waals surface area (Å²) in [4.78, 5) is 11.3. The highest BCUT2D eigenvalue weighted by molar-refractivity contribution is 5.70. The number of carboxylic acid groups (broad SMARTS) is 1. The van der Waals surface area contributed by atoms with Crippen molar-refractivity contribution < 1.29 is 9.90 Å². The van der Waals surface area contributed by atoms with Crippen LogP contribution in [-0.4, -0.2) is 11.1 Å². The quantitative estimate of drug-likeness (QED) is 0.579. The fourth-order valence-corrected chi connectivity index (χ4v) is 3.51. The Morgan fingerprint density at radius 1 is 1.05 bits per heavy atom. The molecule has 1 saturated carbocycles. The molecule has 112 valence electrons. The molecule has 2 nitrogen and oxygen atoms in total. The van der Waals surface area contributed by atoms with Crippen LogP contribution < -0.4 is 0 Å². The Hall–Kier alpha value is -0.530. The number of rotatable bonds is 9. The van der Waals surface area contributed by atoms with Gasteiger partial charge in [0.25, 0.3) is 0 Å². The van der Waals surface area contributed by atoms with Gasteiger partial charge in [-0.2, -0.15) is 0 Å². The Kier molecular flexibility index (Phi) is 8.16. The van der Waals surface area contributed by atoms with Crippen LogP contribution in [0.15, 0.2) is 0 Å². The van der Waals surface area contributed by atoms with E-state index in [1.165, 1.54) is 44.9 Å². The van der Waals surface area contributed by atoms with Crippen LogP contribution in [0, 0.1) is 17.8 Å². The van der Waals surface area contributed by atoms with Crippen LogP contribution in [-0.2, 0) is 4.79 Å². The summed E-state index contributed by atoms with van der Waals surface area (Å²) < 4.78 is 0. The predicted octanol–water partition coefficient (Wildman–Crippen LogP) is 5.26. The number of unbranched alkanes of at least 4 members (excludes halogenated alkanes) is 6. The first kappa shape index (κ1) is 16.5. The van der Waals surface area contributed by atoms with E-state index in [4.69, 9.17) is 0 Å². The SMILES string of the molecule is CCCCCCCCCC1CC(C)CCC1C(=O)O. The van der Waals surface area contributed by atoms with Crippen molar-refractivity contribution >= 4 is 5.97 Å². The molecule has 1 aliphatic rings. The summed E-state index contributed by atoms with van der Waals surface area (Å²) in [5, 5.41) is 9.29. The summed E-state index contributed by atoms with van der Waals surface area (Å²) in [7, 11) is 0. The monoisotopic (exact) mass is 268 g/mol. The fourth-order valence-electron chi connectivity index (χ4n) is 3.51. The van der Waals surface area contributed by atoms with E-state index >= 15 is 0 Å². The van der Waals surface area contributed by atoms with E-state index in [1.54, 1.807) is 0 Å². The third-order valence-electron chi connectivity index (χ3n) is 4.74. The minimum absolute atomic E-state index is 0.0590. The van der Waals surface area contributed by atoms with Gasteiger partial charge in [-0.15, -0.1) is 0 Å². The van der Waals surface area contributed by atoms with E-state index in [2.05, 4.69) is 13.8 Å². The lowest BCUT2D eigenvalue weighted by molar-refractivity contribution is -0.145. The van der Waals surface area contributed by atoms with Crippen LogP contribution in [0.1, 0.15) is 84.5 Å². The van der Waals surface area contributed by atoms with Crippen molar-refractivity contribution in [2.45, 2.75) is 84.5 Å². The highest BCUT2D eigenvalue weighted by atomic mass is 16.4. The molecule has 3 atom stereocenters. The molecule has 19 heavy (non-hydrogen) atoms. The minimum atomic E-state index is -0.556. The smallest absolute Gasteiger partial charge is 0.306 e. The number of carbonyl (C=O) groups is 1. The Morgan fingerprint density at radius 2 is 1.68 bits per heavy atom. The number of hydrogen-bond donors (Lipinski definition) is 1. The summed E-state index contributed by atoms with van der Waals surface area (Å²) in [5.41, 5.74) is 0. The number of carboxylic acids is 1. The maximum absolute atomic E-state index is 11.3. The average molecular weight is 268 g/mol. The average Bonchev–Trinajstić information content (AvgIpc) is 2.37. The van der Waals surface area contributed by atoms with Gasteiger partial charge < -0.3 is 5.11 Å². The number of aliphatic carboxylic acids is 1. The molecular weight excluding hydrogens is 236 g/mol. The molecule has 1 N–H and O–H groups in total. The summed E-state index contributed by atoms with van der Waals surface area (Å²) >= 11 is 0. The van der Waals surface area contributed by atoms with Crippen LogP contribution >= 0.6 is 0 Å². The summed E-state index contributed by atoms with van der Waals surface area (Å²) in [6, 6.07) is 0. The first-order chi connectivity index (χ1) is 9.15. The molecule has 3 unspecified atom stereocenters. The molecule has 0 radical (unpaired) electrons. The summed E-state index contributed by atoms with van der Waals surface area (Å²) in [6.07, 6.45) is 13.5. The van der Waals surface area contributed by atoms with Gasteiger partial charge in [-0.1, -0.05) is 58.8 Å². The Morgan fingerprint density at radius 3 is 2.32 bits per heavy atom. The minimum Gasteiger partial charge on any atom is -0.481 e. The number of hydrogen-bond acceptors (Lipinski definition) is 1. The molecule has 0 aromatic heterocycles. The lowest BCUT2D eigenvalue weighted by atomic mass is 9.72. The second kappa shape index (κ2) is 9.39. The molecule has 0 heterocycles. The zero-order chi connectivity index (χ0) is 14.1. The van der Waals surface area contributed by atoms with Gasteiger partial charge in [-0.05, 0) is 37.5 Å². The van der Waals surface area contributed by atoms with Gasteiger partial charge in [0.15, 0.2) is 0 Å². The first-order valence-corrected chi connectivity index (χ1v) is 8.38. The van der Waals surface area contributed by atoms with Crippen molar-refractivity contribution in [3.63, 3.8) is 0 Å². The zero-order valence-corrected chi connectivity index (χ0v) is 12.9. The van der Waals surface area contributed by atoms with E-state index in [0.29, 0.717) is 5.92 Å². The van der Waals surface area contributed by atoms with Gasteiger partial charge in [0.2, 0.25) is 0 Å². The lowest BCUT2D eigenvalue weighted by Crippen LogP contribution is -2.29. The van der Waals surface area contributed by atoms with Gasteiger partial charge in [0.1, 0.15) is 0 Å². The van der Waals surface area contributed by atoms with E-state index in [1.807, 2.05) is 0 Å². The molecule has 1 fully saturated rings. The Bertz CT molecular complexity index is 250. The molecule has 0 spiro atoms. The highest BCUT2D eigenvalue weighted by Gasteiger charge is 2.32. The molecule has 0 saturated heterocycles. The second-order valence-corrected chi connectivity index (χ2v) is 6.53. The van der Waals surface area contributed by atoms with Crippen molar-refractivity contribution in [2.75, 3.05) is 0 Å². The molecule has 2 heteroatoms. The maximum atomic E-state index is 11.3. The van der Waals surface area contributed by atoms with Crippen LogP contribution in [0.5, 0.6) is 0 Å². The third kappa shape index (κ3) is 6.44. The van der Waals surface area contributed by atoms with E-state index in [-0.39, 0.29) is 5.92 Å². The van der Waals surface area contributed by atoms with E-state index < -0.39 is 5.97 Å². The van der Waals surface area contributed by atoms with Gasteiger partial charge >= 0.3 is 5.97 Å². The van der Waals surface area contributed by atoms with Crippen molar-refractivity contribution in [2.24, 2.45) is 17.8 Å². The van der Waals surface area contributed by atoms with Crippen LogP contribution in [0.25, 0.3) is 0 Å². The van der Waals surface area contributed by atoms with Crippen molar-refractivity contribution in [1.82, 2.24) is 0 Å². The van der Waals surface area contributed by atoms with Gasteiger partial charge in [-0.25, -0.2) is 0 Å². The third-order valence-corrected chi connectivity index (χ3v) is 4.74. The molecule has 0 aliphatic heterocycles. The van der Waals surface area contributed by atoms with Gasteiger partial charge in [0.05, 0.1) is 5.92 Å². The van der Waals surface area contributed by atoms with Crippen molar-refractivity contribution in [3.8, 4) is 0 Å². The molecule has 0 amide bonds. The molecule has 0 bridgehead atoms. The highest BCUT2D eigenvalue weighted by Crippen LogP contribution is 2.37. The molecule has 0 aromatic carbocycles. The van der Waals surface area contributed by atoms with Gasteiger partial charge in [0, 0.05) is 0 Å². The van der Waals surface area contributed by atoms with E-state index in [9.17, 15) is 9.90 Å². The molecule has 0 aromatic rings. The lowest BCUT2D eigenvalue weighted by Gasteiger charge is -2.32. The molecular formula is C17H32O2. The van der Waals surface area contributed by atoms with Crippen LogP contribution in [0.4, 0.5) is 0 Å². The Labute approximate surface area is 119 Å².